The van der Waals surface area contributed by atoms with Crippen molar-refractivity contribution in [3.8, 4) is 0 Å². The summed E-state index contributed by atoms with van der Waals surface area (Å²) in [7, 11) is 0. The summed E-state index contributed by atoms with van der Waals surface area (Å²) in [5.41, 5.74) is 0.715. The summed E-state index contributed by atoms with van der Waals surface area (Å²) in [6.45, 7) is 2.41. The molecule has 0 atom stereocenters. The Morgan fingerprint density at radius 3 is 2.79 bits per heavy atom. The SMILES string of the molecule is CCN(N)c1cc(Br)ccc1C(=O)O. The van der Waals surface area contributed by atoms with Crippen molar-refractivity contribution < 1.29 is 9.90 Å². The molecule has 0 spiro atoms. The summed E-state index contributed by atoms with van der Waals surface area (Å²) in [5.74, 6) is 4.68. The molecule has 0 fully saturated rings. The van der Waals surface area contributed by atoms with Crippen LogP contribution in [0.15, 0.2) is 22.7 Å². The number of benzene rings is 1. The van der Waals surface area contributed by atoms with Crippen LogP contribution in [0.1, 0.15) is 17.3 Å². The lowest BCUT2D eigenvalue weighted by molar-refractivity contribution is 0.0697. The second-order valence-corrected chi connectivity index (χ2v) is 3.67. The number of nitrogens with zero attached hydrogens (tertiary/aromatic N) is 1. The summed E-state index contributed by atoms with van der Waals surface area (Å²) >= 11 is 3.27. The molecule has 0 aliphatic heterocycles. The molecule has 1 rings (SSSR count). The van der Waals surface area contributed by atoms with E-state index < -0.39 is 5.97 Å². The van der Waals surface area contributed by atoms with Crippen LogP contribution in [0.4, 0.5) is 5.69 Å². The molecule has 0 aromatic heterocycles. The summed E-state index contributed by atoms with van der Waals surface area (Å²) in [5, 5.41) is 10.3. The van der Waals surface area contributed by atoms with Crippen molar-refractivity contribution in [2.45, 2.75) is 6.92 Å². The van der Waals surface area contributed by atoms with Crippen LogP contribution in [0.2, 0.25) is 0 Å². The van der Waals surface area contributed by atoms with Crippen LogP contribution in [0.5, 0.6) is 0 Å². The average molecular weight is 259 g/mol. The number of rotatable bonds is 3. The predicted octanol–water partition coefficient (Wildman–Crippen LogP) is 1.85. The first-order valence-corrected chi connectivity index (χ1v) is 4.90. The lowest BCUT2D eigenvalue weighted by Gasteiger charge is -2.18. The number of nitrogens with two attached hydrogens (primary N) is 1. The number of hydrogen-bond acceptors (Lipinski definition) is 3. The van der Waals surface area contributed by atoms with Gasteiger partial charge >= 0.3 is 5.97 Å². The molecule has 0 saturated heterocycles. The summed E-state index contributed by atoms with van der Waals surface area (Å²) < 4.78 is 0.807. The molecule has 0 aliphatic rings. The molecule has 1 aromatic rings. The van der Waals surface area contributed by atoms with Crippen LogP contribution in [-0.4, -0.2) is 17.6 Å². The van der Waals surface area contributed by atoms with Crippen molar-refractivity contribution in [3.63, 3.8) is 0 Å². The normalized spacial score (nSPS) is 9.93. The Kier molecular flexibility index (Phi) is 3.49. The number of hydrogen-bond donors (Lipinski definition) is 2. The molecule has 3 N–H and O–H groups in total. The van der Waals surface area contributed by atoms with Gasteiger partial charge in [-0.1, -0.05) is 15.9 Å². The van der Waals surface area contributed by atoms with E-state index in [0.717, 1.165) is 4.47 Å². The molecular weight excluding hydrogens is 248 g/mol. The van der Waals surface area contributed by atoms with Crippen molar-refractivity contribution in [1.29, 1.82) is 0 Å². The quantitative estimate of drug-likeness (QED) is 0.642. The third kappa shape index (κ3) is 2.24. The molecular formula is C9H11BrN2O2. The number of aromatic carboxylic acids is 1. The minimum Gasteiger partial charge on any atom is -0.478 e. The monoisotopic (exact) mass is 258 g/mol. The first kappa shape index (κ1) is 11.0. The Balaban J connectivity index is 3.22. The molecule has 0 heterocycles. The maximum Gasteiger partial charge on any atom is 0.337 e. The van der Waals surface area contributed by atoms with E-state index in [1.807, 2.05) is 6.92 Å². The summed E-state index contributed by atoms with van der Waals surface area (Å²) in [6, 6.07) is 4.89. The average Bonchev–Trinajstić information content (AvgIpc) is 2.16. The highest BCUT2D eigenvalue weighted by Crippen LogP contribution is 2.23. The minimum absolute atomic E-state index is 0.206. The maximum atomic E-state index is 10.9. The van der Waals surface area contributed by atoms with Gasteiger partial charge in [-0.3, -0.25) is 0 Å². The lowest BCUT2D eigenvalue weighted by Crippen LogP contribution is -2.31. The molecule has 0 aliphatic carbocycles. The summed E-state index contributed by atoms with van der Waals surface area (Å²) in [6.07, 6.45) is 0. The summed E-state index contributed by atoms with van der Waals surface area (Å²) in [4.78, 5) is 10.9. The first-order chi connectivity index (χ1) is 6.56. The van der Waals surface area contributed by atoms with Gasteiger partial charge in [0.1, 0.15) is 0 Å². The van der Waals surface area contributed by atoms with Gasteiger partial charge in [0.2, 0.25) is 0 Å². The van der Waals surface area contributed by atoms with Gasteiger partial charge < -0.3 is 10.1 Å². The van der Waals surface area contributed by atoms with Crippen molar-refractivity contribution >= 4 is 27.6 Å². The topological polar surface area (TPSA) is 66.6 Å². The number of anilines is 1. The molecule has 14 heavy (non-hydrogen) atoms. The molecule has 0 bridgehead atoms. The van der Waals surface area contributed by atoms with Crippen molar-refractivity contribution in [1.82, 2.24) is 0 Å². The van der Waals surface area contributed by atoms with Crippen LogP contribution >= 0.6 is 15.9 Å². The smallest absolute Gasteiger partial charge is 0.337 e. The van der Waals surface area contributed by atoms with Gasteiger partial charge in [0.15, 0.2) is 0 Å². The van der Waals surface area contributed by atoms with Gasteiger partial charge in [0.25, 0.3) is 0 Å². The van der Waals surface area contributed by atoms with Gasteiger partial charge in [-0.05, 0) is 25.1 Å². The van der Waals surface area contributed by atoms with Crippen LogP contribution in [0.25, 0.3) is 0 Å². The minimum atomic E-state index is -0.976. The first-order valence-electron chi connectivity index (χ1n) is 4.11. The van der Waals surface area contributed by atoms with Gasteiger partial charge in [-0.15, -0.1) is 0 Å². The van der Waals surface area contributed by atoms with E-state index >= 15 is 0 Å². The standard InChI is InChI=1S/C9H11BrN2O2/c1-2-12(11)8-5-6(10)3-4-7(8)9(13)14/h3-5H,2,11H2,1H3,(H,13,14). The molecule has 0 amide bonds. The zero-order valence-corrected chi connectivity index (χ0v) is 9.28. The Hall–Kier alpha value is -1.07. The molecule has 1 aromatic carbocycles. The van der Waals surface area contributed by atoms with Gasteiger partial charge in [0.05, 0.1) is 11.3 Å². The van der Waals surface area contributed by atoms with Crippen LogP contribution < -0.4 is 10.9 Å². The fraction of sp³-hybridized carbons (Fsp3) is 0.222. The highest BCUT2D eigenvalue weighted by molar-refractivity contribution is 9.10. The predicted molar refractivity (Wildman–Crippen MR) is 58.3 cm³/mol. The number of carbonyl (C=O) groups is 1. The fourth-order valence-corrected chi connectivity index (χ4v) is 1.44. The van der Waals surface area contributed by atoms with Crippen molar-refractivity contribution in [2.24, 2.45) is 5.84 Å². The van der Waals surface area contributed by atoms with E-state index in [0.29, 0.717) is 12.2 Å². The Morgan fingerprint density at radius 2 is 2.29 bits per heavy atom. The molecule has 76 valence electrons. The Labute approximate surface area is 90.4 Å². The van der Waals surface area contributed by atoms with Gasteiger partial charge in [-0.25, -0.2) is 10.6 Å². The number of carboxylic acids is 1. The van der Waals surface area contributed by atoms with E-state index in [1.54, 1.807) is 12.1 Å². The molecule has 4 nitrogen and oxygen atoms in total. The van der Waals surface area contributed by atoms with E-state index in [9.17, 15) is 4.79 Å². The Morgan fingerprint density at radius 1 is 1.64 bits per heavy atom. The second kappa shape index (κ2) is 4.43. The second-order valence-electron chi connectivity index (χ2n) is 2.75. The molecule has 5 heteroatoms. The van der Waals surface area contributed by atoms with E-state index in [-0.39, 0.29) is 5.56 Å². The van der Waals surface area contributed by atoms with Crippen LogP contribution in [0, 0.1) is 0 Å². The number of halogens is 1. The van der Waals surface area contributed by atoms with Crippen molar-refractivity contribution in [2.75, 3.05) is 11.6 Å². The third-order valence-electron chi connectivity index (χ3n) is 1.84. The zero-order chi connectivity index (χ0) is 10.7. The molecule has 0 saturated carbocycles. The highest BCUT2D eigenvalue weighted by Gasteiger charge is 2.12. The van der Waals surface area contributed by atoms with Crippen molar-refractivity contribution in [3.05, 3.63) is 28.2 Å². The fourth-order valence-electron chi connectivity index (χ4n) is 1.09. The van der Waals surface area contributed by atoms with E-state index in [4.69, 9.17) is 10.9 Å². The molecule has 0 unspecified atom stereocenters. The lowest BCUT2D eigenvalue weighted by atomic mass is 10.2. The van der Waals surface area contributed by atoms with Crippen LogP contribution in [-0.2, 0) is 0 Å². The number of carboxylic acid groups (broad SMARTS) is 1. The van der Waals surface area contributed by atoms with Gasteiger partial charge in [-0.2, -0.15) is 0 Å². The third-order valence-corrected chi connectivity index (χ3v) is 2.33. The maximum absolute atomic E-state index is 10.9. The molecule has 0 radical (unpaired) electrons. The van der Waals surface area contributed by atoms with Crippen LogP contribution in [0.3, 0.4) is 0 Å². The Bertz CT molecular complexity index is 355. The largest absolute Gasteiger partial charge is 0.478 e. The van der Waals surface area contributed by atoms with E-state index in [1.165, 1.54) is 11.1 Å². The zero-order valence-electron chi connectivity index (χ0n) is 7.70. The number of hydrazine groups is 1. The van der Waals surface area contributed by atoms with Gasteiger partial charge in [0, 0.05) is 11.0 Å². The highest BCUT2D eigenvalue weighted by atomic mass is 79.9. The van der Waals surface area contributed by atoms with E-state index in [2.05, 4.69) is 15.9 Å².